The summed E-state index contributed by atoms with van der Waals surface area (Å²) in [5.74, 6) is -0.167. The molecule has 0 aromatic carbocycles. The van der Waals surface area contributed by atoms with Crippen molar-refractivity contribution in [3.05, 3.63) is 0 Å². The molecule has 78 valence electrons. The van der Waals surface area contributed by atoms with Crippen LogP contribution in [0.5, 0.6) is 0 Å². The fourth-order valence-corrected chi connectivity index (χ4v) is 1.14. The van der Waals surface area contributed by atoms with Crippen LogP contribution in [0.4, 0.5) is 0 Å². The first kappa shape index (κ1) is 12.4. The minimum Gasteiger partial charge on any atom is -0.396 e. The predicted molar refractivity (Wildman–Crippen MR) is 52.2 cm³/mol. The first-order valence-electron chi connectivity index (χ1n) is 4.71. The third-order valence-electron chi connectivity index (χ3n) is 2.68. The van der Waals surface area contributed by atoms with Gasteiger partial charge in [-0.1, -0.05) is 13.8 Å². The van der Waals surface area contributed by atoms with Gasteiger partial charge in [0.05, 0.1) is 13.2 Å². The fraction of sp³-hybridized carbons (Fsp3) is 0.889. The number of aliphatic hydroxyl groups is 1. The van der Waals surface area contributed by atoms with Gasteiger partial charge in [0.1, 0.15) is 0 Å². The van der Waals surface area contributed by atoms with Gasteiger partial charge in [0.15, 0.2) is 0 Å². The number of rotatable bonds is 6. The summed E-state index contributed by atoms with van der Waals surface area (Å²) in [5.41, 5.74) is 4.98. The van der Waals surface area contributed by atoms with Crippen LogP contribution in [0.15, 0.2) is 0 Å². The molecule has 0 spiro atoms. The number of carbonyl (C=O) groups is 1. The van der Waals surface area contributed by atoms with E-state index in [0.717, 1.165) is 12.8 Å². The molecular weight excluding hydrogens is 168 g/mol. The van der Waals surface area contributed by atoms with Crippen LogP contribution in [0.2, 0.25) is 0 Å². The van der Waals surface area contributed by atoms with Gasteiger partial charge in [0, 0.05) is 12.0 Å². The van der Waals surface area contributed by atoms with Crippen molar-refractivity contribution in [3.63, 3.8) is 0 Å². The first-order chi connectivity index (χ1) is 6.14. The largest absolute Gasteiger partial charge is 0.396 e. The Morgan fingerprint density at radius 2 is 2.00 bits per heavy atom. The van der Waals surface area contributed by atoms with E-state index >= 15 is 0 Å². The maximum Gasteiger partial charge on any atom is 0.233 e. The Morgan fingerprint density at radius 1 is 1.46 bits per heavy atom. The van der Waals surface area contributed by atoms with Gasteiger partial charge in [0.25, 0.3) is 0 Å². The number of hydrogen-bond donors (Lipinski definition) is 3. The molecule has 1 amide bonds. The van der Waals surface area contributed by atoms with E-state index in [4.69, 9.17) is 5.73 Å². The number of amides is 1. The third-order valence-corrected chi connectivity index (χ3v) is 2.68. The summed E-state index contributed by atoms with van der Waals surface area (Å²) in [6, 6.07) is 0. The minimum absolute atomic E-state index is 0.00887. The first-order valence-corrected chi connectivity index (χ1v) is 4.71. The zero-order valence-corrected chi connectivity index (χ0v) is 8.47. The van der Waals surface area contributed by atoms with Crippen LogP contribution < -0.4 is 11.1 Å². The van der Waals surface area contributed by atoms with E-state index in [9.17, 15) is 9.90 Å². The van der Waals surface area contributed by atoms with E-state index < -0.39 is 0 Å². The van der Waals surface area contributed by atoms with Gasteiger partial charge in [-0.05, 0) is 12.8 Å². The SMILES string of the molecule is CCC(CC)(CO)CNC(=O)CN. The predicted octanol–water partition coefficient (Wildman–Crippen LogP) is -0.140. The van der Waals surface area contributed by atoms with Gasteiger partial charge in [0.2, 0.25) is 5.91 Å². The Balaban J connectivity index is 4.02. The Labute approximate surface area is 79.5 Å². The van der Waals surface area contributed by atoms with Crippen molar-refractivity contribution < 1.29 is 9.90 Å². The van der Waals surface area contributed by atoms with E-state index in [2.05, 4.69) is 5.32 Å². The highest BCUT2D eigenvalue weighted by Crippen LogP contribution is 2.24. The molecule has 0 bridgehead atoms. The van der Waals surface area contributed by atoms with Crippen LogP contribution >= 0.6 is 0 Å². The lowest BCUT2D eigenvalue weighted by Crippen LogP contribution is -2.41. The highest BCUT2D eigenvalue weighted by atomic mass is 16.3. The summed E-state index contributed by atoms with van der Waals surface area (Å²) in [4.78, 5) is 10.9. The molecule has 0 aliphatic carbocycles. The maximum atomic E-state index is 10.9. The zero-order chi connectivity index (χ0) is 10.3. The second-order valence-electron chi connectivity index (χ2n) is 3.35. The molecule has 4 N–H and O–H groups in total. The van der Waals surface area contributed by atoms with Gasteiger partial charge in [-0.25, -0.2) is 0 Å². The lowest BCUT2D eigenvalue weighted by Gasteiger charge is -2.29. The minimum atomic E-state index is -0.176. The average molecular weight is 188 g/mol. The molecule has 13 heavy (non-hydrogen) atoms. The number of nitrogens with one attached hydrogen (secondary N) is 1. The Bertz CT molecular complexity index is 147. The molecule has 0 heterocycles. The van der Waals surface area contributed by atoms with Crippen molar-refractivity contribution >= 4 is 5.91 Å². The molecule has 0 fully saturated rings. The Hall–Kier alpha value is -0.610. The smallest absolute Gasteiger partial charge is 0.233 e. The van der Waals surface area contributed by atoms with Crippen LogP contribution in [0, 0.1) is 5.41 Å². The summed E-state index contributed by atoms with van der Waals surface area (Å²) in [7, 11) is 0. The molecule has 0 radical (unpaired) electrons. The van der Waals surface area contributed by atoms with Crippen molar-refractivity contribution in [2.75, 3.05) is 19.7 Å². The fourth-order valence-electron chi connectivity index (χ4n) is 1.14. The van der Waals surface area contributed by atoms with Crippen LogP contribution in [-0.4, -0.2) is 30.7 Å². The molecule has 0 saturated carbocycles. The van der Waals surface area contributed by atoms with Gasteiger partial charge in [-0.2, -0.15) is 0 Å². The third kappa shape index (κ3) is 3.74. The van der Waals surface area contributed by atoms with E-state index in [1.54, 1.807) is 0 Å². The molecule has 0 rings (SSSR count). The Morgan fingerprint density at radius 3 is 2.31 bits per heavy atom. The molecule has 4 heteroatoms. The van der Waals surface area contributed by atoms with Crippen molar-refractivity contribution in [2.45, 2.75) is 26.7 Å². The second kappa shape index (κ2) is 5.94. The van der Waals surface area contributed by atoms with E-state index in [0.29, 0.717) is 6.54 Å². The van der Waals surface area contributed by atoms with E-state index in [1.165, 1.54) is 0 Å². The van der Waals surface area contributed by atoms with Crippen molar-refractivity contribution in [2.24, 2.45) is 11.1 Å². The van der Waals surface area contributed by atoms with Crippen LogP contribution in [0.1, 0.15) is 26.7 Å². The summed E-state index contributed by atoms with van der Waals surface area (Å²) >= 11 is 0. The van der Waals surface area contributed by atoms with Crippen LogP contribution in [0.3, 0.4) is 0 Å². The number of aliphatic hydroxyl groups excluding tert-OH is 1. The average Bonchev–Trinajstić information content (AvgIpc) is 2.20. The molecule has 0 aromatic heterocycles. The molecule has 0 aliphatic rings. The van der Waals surface area contributed by atoms with E-state index in [-0.39, 0.29) is 24.5 Å². The van der Waals surface area contributed by atoms with Gasteiger partial charge in [-0.3, -0.25) is 4.79 Å². The molecule has 0 saturated heterocycles. The summed E-state index contributed by atoms with van der Waals surface area (Å²) in [6.07, 6.45) is 1.70. The van der Waals surface area contributed by atoms with E-state index in [1.807, 2.05) is 13.8 Å². The summed E-state index contributed by atoms with van der Waals surface area (Å²) in [5, 5.41) is 11.9. The lowest BCUT2D eigenvalue weighted by atomic mass is 9.83. The highest BCUT2D eigenvalue weighted by Gasteiger charge is 2.25. The number of carbonyl (C=O) groups excluding carboxylic acids is 1. The molecule has 0 aliphatic heterocycles. The van der Waals surface area contributed by atoms with Crippen molar-refractivity contribution in [1.82, 2.24) is 5.32 Å². The zero-order valence-electron chi connectivity index (χ0n) is 8.47. The molecular formula is C9H20N2O2. The monoisotopic (exact) mass is 188 g/mol. The van der Waals surface area contributed by atoms with Crippen LogP contribution in [0.25, 0.3) is 0 Å². The highest BCUT2D eigenvalue weighted by molar-refractivity contribution is 5.77. The van der Waals surface area contributed by atoms with Gasteiger partial charge < -0.3 is 16.2 Å². The number of hydrogen-bond acceptors (Lipinski definition) is 3. The standard InChI is InChI=1S/C9H20N2O2/c1-3-9(4-2,7-12)6-11-8(13)5-10/h12H,3-7,10H2,1-2H3,(H,11,13). The molecule has 0 aromatic rings. The molecule has 4 nitrogen and oxygen atoms in total. The maximum absolute atomic E-state index is 10.9. The van der Waals surface area contributed by atoms with Crippen molar-refractivity contribution in [1.29, 1.82) is 0 Å². The van der Waals surface area contributed by atoms with Crippen LogP contribution in [-0.2, 0) is 4.79 Å². The normalized spacial score (nSPS) is 11.4. The quantitative estimate of drug-likeness (QED) is 0.543. The molecule has 0 atom stereocenters. The topological polar surface area (TPSA) is 75.3 Å². The second-order valence-corrected chi connectivity index (χ2v) is 3.35. The lowest BCUT2D eigenvalue weighted by molar-refractivity contribution is -0.120. The van der Waals surface area contributed by atoms with Crippen molar-refractivity contribution in [3.8, 4) is 0 Å². The molecule has 0 unspecified atom stereocenters. The number of nitrogens with two attached hydrogens (primary N) is 1. The Kier molecular flexibility index (Phi) is 5.66. The summed E-state index contributed by atoms with van der Waals surface area (Å²) in [6.45, 7) is 4.63. The van der Waals surface area contributed by atoms with Gasteiger partial charge in [-0.15, -0.1) is 0 Å². The van der Waals surface area contributed by atoms with Gasteiger partial charge >= 0.3 is 0 Å². The summed E-state index contributed by atoms with van der Waals surface area (Å²) < 4.78 is 0.